The molecular formula is C19H32O5Si. The highest BCUT2D eigenvalue weighted by molar-refractivity contribution is 6.74. The van der Waals surface area contributed by atoms with E-state index in [2.05, 4.69) is 33.9 Å². The molecule has 1 atom stereocenters. The Hall–Kier alpha value is -1.40. The first-order chi connectivity index (χ1) is 11.4. The Bertz CT molecular complexity index is 655. The van der Waals surface area contributed by atoms with Gasteiger partial charge in [-0.25, -0.2) is 4.79 Å². The zero-order valence-corrected chi connectivity index (χ0v) is 17.6. The van der Waals surface area contributed by atoms with Crippen LogP contribution < -0.4 is 5.63 Å². The molecule has 0 aliphatic heterocycles. The molecule has 1 aromatic heterocycles. The van der Waals surface area contributed by atoms with Gasteiger partial charge in [-0.2, -0.15) is 0 Å². The minimum atomic E-state index is -1.75. The van der Waals surface area contributed by atoms with Crippen molar-refractivity contribution in [3.63, 3.8) is 0 Å². The first kappa shape index (κ1) is 21.6. The van der Waals surface area contributed by atoms with Crippen LogP contribution in [-0.4, -0.2) is 25.8 Å². The summed E-state index contributed by atoms with van der Waals surface area (Å²) in [6, 6.07) is 1.39. The fourth-order valence-corrected chi connectivity index (χ4v) is 3.34. The van der Waals surface area contributed by atoms with Crippen molar-refractivity contribution in [1.29, 1.82) is 0 Å². The van der Waals surface area contributed by atoms with E-state index in [0.717, 1.165) is 12.8 Å². The number of ketones is 1. The molecule has 0 amide bonds. The summed E-state index contributed by atoms with van der Waals surface area (Å²) in [5.41, 5.74) is -1.01. The Morgan fingerprint density at radius 2 is 1.96 bits per heavy atom. The highest BCUT2D eigenvalue weighted by Gasteiger charge is 2.36. The third-order valence-electron chi connectivity index (χ3n) is 5.09. The molecule has 5 nitrogen and oxygen atoms in total. The molecule has 1 rings (SSSR count). The molecule has 0 fully saturated rings. The van der Waals surface area contributed by atoms with Gasteiger partial charge in [0.1, 0.15) is 17.1 Å². The third-order valence-corrected chi connectivity index (χ3v) is 9.62. The van der Waals surface area contributed by atoms with Crippen molar-refractivity contribution >= 4 is 14.1 Å². The Morgan fingerprint density at radius 1 is 1.36 bits per heavy atom. The van der Waals surface area contributed by atoms with Crippen LogP contribution >= 0.6 is 0 Å². The summed E-state index contributed by atoms with van der Waals surface area (Å²) >= 11 is 0. The Labute approximate surface area is 151 Å². The van der Waals surface area contributed by atoms with Crippen molar-refractivity contribution in [2.75, 3.05) is 6.61 Å². The number of carbonyl (C=O) groups is 1. The molecule has 0 spiro atoms. The zero-order valence-electron chi connectivity index (χ0n) is 16.6. The van der Waals surface area contributed by atoms with Gasteiger partial charge in [0.2, 0.25) is 0 Å². The van der Waals surface area contributed by atoms with Crippen LogP contribution in [0.15, 0.2) is 15.3 Å². The lowest BCUT2D eigenvalue weighted by Crippen LogP contribution is -2.41. The van der Waals surface area contributed by atoms with Gasteiger partial charge in [0.25, 0.3) is 0 Å². The predicted molar refractivity (Wildman–Crippen MR) is 102 cm³/mol. The van der Waals surface area contributed by atoms with Gasteiger partial charge in [-0.05, 0) is 31.0 Å². The molecule has 0 aliphatic carbocycles. The van der Waals surface area contributed by atoms with Gasteiger partial charge in [-0.3, -0.25) is 4.79 Å². The molecule has 1 aromatic rings. The maximum Gasteiger partial charge on any atom is 0.350 e. The second-order valence-corrected chi connectivity index (χ2v) is 12.9. The second-order valence-electron chi connectivity index (χ2n) is 8.13. The van der Waals surface area contributed by atoms with Crippen LogP contribution in [0.5, 0.6) is 5.75 Å². The molecule has 0 radical (unpaired) electrons. The summed E-state index contributed by atoms with van der Waals surface area (Å²) in [6.07, 6.45) is 1.77. The van der Waals surface area contributed by atoms with E-state index in [0.29, 0.717) is 12.4 Å². The summed E-state index contributed by atoms with van der Waals surface area (Å²) in [5, 5.41) is 10.2. The number of rotatable bonds is 8. The fraction of sp³-hybridized carbons (Fsp3) is 0.684. The van der Waals surface area contributed by atoms with Crippen LogP contribution in [0.1, 0.15) is 75.9 Å². The number of hydrogen-bond acceptors (Lipinski definition) is 5. The monoisotopic (exact) mass is 368 g/mol. The lowest BCUT2D eigenvalue weighted by molar-refractivity contribution is 0.0980. The van der Waals surface area contributed by atoms with E-state index >= 15 is 0 Å². The summed E-state index contributed by atoms with van der Waals surface area (Å²) < 4.78 is 11.4. The van der Waals surface area contributed by atoms with Gasteiger partial charge >= 0.3 is 5.63 Å². The molecule has 1 N–H and O–H groups in total. The molecule has 1 unspecified atom stereocenters. The second kappa shape index (κ2) is 8.32. The molecular weight excluding hydrogens is 336 g/mol. The highest BCUT2D eigenvalue weighted by Crippen LogP contribution is 2.36. The van der Waals surface area contributed by atoms with Crippen molar-refractivity contribution in [2.45, 2.75) is 77.9 Å². The topological polar surface area (TPSA) is 76.7 Å². The molecule has 0 saturated carbocycles. The van der Waals surface area contributed by atoms with Gasteiger partial charge < -0.3 is 13.9 Å². The molecule has 6 heteroatoms. The maximum absolute atomic E-state index is 12.0. The van der Waals surface area contributed by atoms with E-state index in [1.54, 1.807) is 6.92 Å². The number of Topliss-reactive ketones (excluding diaryl/α,β-unsaturated/α-hetero) is 1. The number of hydrogen-bond donors (Lipinski definition) is 1. The molecule has 0 aromatic carbocycles. The predicted octanol–water partition coefficient (Wildman–Crippen LogP) is 4.84. The minimum Gasteiger partial charge on any atom is -0.507 e. The largest absolute Gasteiger partial charge is 0.507 e. The van der Waals surface area contributed by atoms with Crippen LogP contribution in [0.2, 0.25) is 18.1 Å². The van der Waals surface area contributed by atoms with Crippen molar-refractivity contribution in [1.82, 2.24) is 0 Å². The van der Waals surface area contributed by atoms with Gasteiger partial charge in [-0.1, -0.05) is 34.6 Å². The quantitative estimate of drug-likeness (QED) is 0.403. The standard InChI is InChI=1S/C19H32O5Si/c1-8-14(20)17-15(21)12-16(24-18(17)22)13(2)10-9-11-23-25(6,7)19(3,4)5/h12-13,21H,8-11H2,1-7H3. The van der Waals surface area contributed by atoms with E-state index < -0.39 is 19.7 Å². The smallest absolute Gasteiger partial charge is 0.350 e. The first-order valence-electron chi connectivity index (χ1n) is 8.95. The summed E-state index contributed by atoms with van der Waals surface area (Å²) in [4.78, 5) is 23.7. The fourth-order valence-electron chi connectivity index (χ4n) is 2.25. The third kappa shape index (κ3) is 5.54. The van der Waals surface area contributed by atoms with Gasteiger partial charge in [-0.15, -0.1) is 0 Å². The molecule has 1 heterocycles. The Morgan fingerprint density at radius 3 is 2.44 bits per heavy atom. The van der Waals surface area contributed by atoms with Crippen LogP contribution in [0.25, 0.3) is 0 Å². The van der Waals surface area contributed by atoms with E-state index in [4.69, 9.17) is 8.84 Å². The molecule has 142 valence electrons. The van der Waals surface area contributed by atoms with E-state index in [-0.39, 0.29) is 28.7 Å². The summed E-state index contributed by atoms with van der Waals surface area (Å²) in [5.74, 6) is -0.328. The van der Waals surface area contributed by atoms with E-state index in [1.165, 1.54) is 6.07 Å². The summed E-state index contributed by atoms with van der Waals surface area (Å²) in [6.45, 7) is 15.3. The van der Waals surface area contributed by atoms with Crippen molar-refractivity contribution < 1.29 is 18.7 Å². The maximum atomic E-state index is 12.0. The van der Waals surface area contributed by atoms with Crippen LogP contribution in [-0.2, 0) is 4.43 Å². The van der Waals surface area contributed by atoms with Crippen molar-refractivity contribution in [3.05, 3.63) is 27.8 Å². The molecule has 0 bridgehead atoms. The van der Waals surface area contributed by atoms with Crippen molar-refractivity contribution in [2.24, 2.45) is 0 Å². The minimum absolute atomic E-state index is 0.0348. The van der Waals surface area contributed by atoms with E-state index in [9.17, 15) is 14.7 Å². The SMILES string of the molecule is CCC(=O)c1c(O)cc(C(C)CCCO[Si](C)(C)C(C)(C)C)oc1=O. The lowest BCUT2D eigenvalue weighted by atomic mass is 10.0. The van der Waals surface area contributed by atoms with E-state index in [1.807, 2.05) is 6.92 Å². The van der Waals surface area contributed by atoms with Gasteiger partial charge in [0.15, 0.2) is 14.1 Å². The van der Waals surface area contributed by atoms with Gasteiger partial charge in [0, 0.05) is 25.0 Å². The average Bonchev–Trinajstić information content (AvgIpc) is 2.49. The average molecular weight is 369 g/mol. The highest BCUT2D eigenvalue weighted by atomic mass is 28.4. The number of aromatic hydroxyl groups is 1. The Kier molecular flexibility index (Phi) is 7.20. The summed E-state index contributed by atoms with van der Waals surface area (Å²) in [7, 11) is -1.75. The number of carbonyl (C=O) groups excluding carboxylic acids is 1. The first-order valence-corrected chi connectivity index (χ1v) is 11.9. The van der Waals surface area contributed by atoms with Crippen LogP contribution in [0.3, 0.4) is 0 Å². The normalized spacial score (nSPS) is 13.7. The van der Waals surface area contributed by atoms with Crippen LogP contribution in [0.4, 0.5) is 0 Å². The Balaban J connectivity index is 2.69. The van der Waals surface area contributed by atoms with Gasteiger partial charge in [0.05, 0.1) is 0 Å². The zero-order chi connectivity index (χ0) is 19.4. The molecule has 0 aliphatic rings. The molecule has 0 saturated heterocycles. The lowest BCUT2D eigenvalue weighted by Gasteiger charge is -2.36. The van der Waals surface area contributed by atoms with Crippen LogP contribution in [0, 0.1) is 0 Å². The van der Waals surface area contributed by atoms with Crippen molar-refractivity contribution in [3.8, 4) is 5.75 Å². The molecule has 25 heavy (non-hydrogen) atoms.